The Balaban J connectivity index is 1.37. The van der Waals surface area contributed by atoms with Crippen molar-refractivity contribution in [3.05, 3.63) is 76.8 Å². The number of hydrogen-bond acceptors (Lipinski definition) is 5. The fraction of sp³-hybridized carbons (Fsp3) is 0.290. The molecule has 3 aromatic carbocycles. The van der Waals surface area contributed by atoms with Crippen LogP contribution in [0.4, 0.5) is 0 Å². The number of piperidine rings is 1. The van der Waals surface area contributed by atoms with Gasteiger partial charge in [0.2, 0.25) is 0 Å². The van der Waals surface area contributed by atoms with Gasteiger partial charge in [-0.2, -0.15) is 0 Å². The van der Waals surface area contributed by atoms with E-state index in [1.807, 2.05) is 41.3 Å². The lowest BCUT2D eigenvalue weighted by molar-refractivity contribution is 0.0708. The molecule has 0 aliphatic carbocycles. The summed E-state index contributed by atoms with van der Waals surface area (Å²) in [5.41, 5.74) is 11.4. The highest BCUT2D eigenvalue weighted by molar-refractivity contribution is 6.35. The number of methoxy groups -OCH3 is 1. The number of ether oxygens (including phenoxy) is 2. The molecule has 0 bridgehead atoms. The highest BCUT2D eigenvalue weighted by Gasteiger charge is 2.28. The van der Waals surface area contributed by atoms with Gasteiger partial charge in [-0.3, -0.25) is 4.79 Å². The van der Waals surface area contributed by atoms with E-state index in [0.717, 1.165) is 57.6 Å². The van der Waals surface area contributed by atoms with Crippen molar-refractivity contribution in [1.29, 1.82) is 0 Å². The molecule has 4 heterocycles. The van der Waals surface area contributed by atoms with Gasteiger partial charge >= 0.3 is 0 Å². The van der Waals surface area contributed by atoms with Crippen molar-refractivity contribution >= 4 is 39.4 Å². The molecule has 5 aromatic rings. The highest BCUT2D eigenvalue weighted by atomic mass is 35.5. The molecule has 204 valence electrons. The molecule has 0 saturated carbocycles. The average Bonchev–Trinajstić information content (AvgIpc) is 3.53. The Kier molecular flexibility index (Phi) is 6.17. The van der Waals surface area contributed by atoms with E-state index < -0.39 is 0 Å². The Morgan fingerprint density at radius 2 is 1.98 bits per heavy atom. The van der Waals surface area contributed by atoms with Crippen LogP contribution in [0.25, 0.3) is 33.5 Å². The number of benzene rings is 3. The Hall–Kier alpha value is -4.01. The number of amides is 1. The van der Waals surface area contributed by atoms with Crippen molar-refractivity contribution in [2.75, 3.05) is 26.8 Å². The zero-order valence-electron chi connectivity index (χ0n) is 22.3. The molecule has 9 heteroatoms. The second-order valence-electron chi connectivity index (χ2n) is 10.6. The fourth-order valence-electron chi connectivity index (χ4n) is 6.04. The van der Waals surface area contributed by atoms with E-state index in [0.29, 0.717) is 49.1 Å². The summed E-state index contributed by atoms with van der Waals surface area (Å²) in [6, 6.07) is 19.9. The maximum Gasteiger partial charge on any atom is 0.254 e. The number of halogens is 1. The van der Waals surface area contributed by atoms with E-state index >= 15 is 0 Å². The first-order chi connectivity index (χ1) is 19.5. The van der Waals surface area contributed by atoms with Gasteiger partial charge in [0.15, 0.2) is 5.82 Å². The molecule has 2 aliphatic rings. The summed E-state index contributed by atoms with van der Waals surface area (Å²) in [5, 5.41) is 1.73. The largest absolute Gasteiger partial charge is 0.497 e. The standard InChI is InChI=1S/C31H30ClN5O3/c1-39-23-9-7-19(8-10-23)17-37-26(15-20-4-2-6-24(32)28(20)37)30-34-25-14-21(16-27-29(25)36(30)12-13-40-27)31(38)35-11-3-5-22(33)18-35/h2,4,6-10,14-16,22H,3,5,11-13,17-18,33H2,1H3. The monoisotopic (exact) mass is 555 g/mol. The van der Waals surface area contributed by atoms with E-state index in [9.17, 15) is 4.79 Å². The Labute approximate surface area is 236 Å². The maximum absolute atomic E-state index is 13.4. The van der Waals surface area contributed by atoms with Crippen LogP contribution >= 0.6 is 11.6 Å². The molecule has 1 atom stereocenters. The normalized spacial score (nSPS) is 16.9. The molecule has 1 fully saturated rings. The first-order valence-electron chi connectivity index (χ1n) is 13.6. The van der Waals surface area contributed by atoms with Crippen LogP contribution < -0.4 is 15.2 Å². The zero-order chi connectivity index (χ0) is 27.4. The molecule has 2 N–H and O–H groups in total. The third-order valence-electron chi connectivity index (χ3n) is 7.97. The topological polar surface area (TPSA) is 87.5 Å². The molecule has 1 unspecified atom stereocenters. The Morgan fingerprint density at radius 1 is 1.12 bits per heavy atom. The lowest BCUT2D eigenvalue weighted by atomic mass is 10.0. The number of nitrogens with zero attached hydrogens (tertiary/aromatic N) is 4. The van der Waals surface area contributed by atoms with Crippen molar-refractivity contribution in [2.24, 2.45) is 5.73 Å². The first-order valence-corrected chi connectivity index (χ1v) is 14.0. The van der Waals surface area contributed by atoms with E-state index in [1.165, 1.54) is 0 Å². The van der Waals surface area contributed by atoms with Crippen LogP contribution in [0.2, 0.25) is 5.02 Å². The van der Waals surface area contributed by atoms with Crippen molar-refractivity contribution in [1.82, 2.24) is 19.0 Å². The summed E-state index contributed by atoms with van der Waals surface area (Å²) < 4.78 is 15.8. The predicted molar refractivity (Wildman–Crippen MR) is 156 cm³/mol. The number of imidazole rings is 1. The third kappa shape index (κ3) is 4.19. The van der Waals surface area contributed by atoms with Gasteiger partial charge in [0.05, 0.1) is 35.4 Å². The molecular weight excluding hydrogens is 526 g/mol. The number of para-hydroxylation sites is 1. The third-order valence-corrected chi connectivity index (χ3v) is 8.28. The van der Waals surface area contributed by atoms with Crippen molar-refractivity contribution < 1.29 is 14.3 Å². The molecule has 1 saturated heterocycles. The molecular formula is C31H30ClN5O3. The lowest BCUT2D eigenvalue weighted by Crippen LogP contribution is -2.45. The van der Waals surface area contributed by atoms with Crippen LogP contribution in [0.5, 0.6) is 11.5 Å². The molecule has 0 radical (unpaired) electrons. The number of aromatic nitrogens is 3. The SMILES string of the molecule is COc1ccc(Cn2c(-c3nc4cc(C(=O)N5CCCC(N)C5)cc5c4n3CCO5)cc3cccc(Cl)c32)cc1. The summed E-state index contributed by atoms with van der Waals surface area (Å²) >= 11 is 6.77. The molecule has 7 rings (SSSR count). The second kappa shape index (κ2) is 9.87. The van der Waals surface area contributed by atoms with Crippen LogP contribution in [0, 0.1) is 0 Å². The van der Waals surface area contributed by atoms with Crippen LogP contribution in [0.15, 0.2) is 60.7 Å². The molecule has 2 aromatic heterocycles. The van der Waals surface area contributed by atoms with Gasteiger partial charge in [-0.05, 0) is 54.8 Å². The van der Waals surface area contributed by atoms with Crippen molar-refractivity contribution in [3.8, 4) is 23.0 Å². The lowest BCUT2D eigenvalue weighted by Gasteiger charge is -2.31. The number of rotatable bonds is 5. The quantitative estimate of drug-likeness (QED) is 0.317. The summed E-state index contributed by atoms with van der Waals surface area (Å²) in [6.07, 6.45) is 1.86. The zero-order valence-corrected chi connectivity index (χ0v) is 23.0. The van der Waals surface area contributed by atoms with Gasteiger partial charge in [-0.15, -0.1) is 0 Å². The second-order valence-corrected chi connectivity index (χ2v) is 11.0. The molecule has 1 amide bonds. The molecule has 40 heavy (non-hydrogen) atoms. The number of nitrogens with two attached hydrogens (primary N) is 1. The summed E-state index contributed by atoms with van der Waals surface area (Å²) in [7, 11) is 1.67. The van der Waals surface area contributed by atoms with Crippen LogP contribution in [-0.4, -0.2) is 57.8 Å². The average molecular weight is 556 g/mol. The van der Waals surface area contributed by atoms with E-state index in [4.69, 9.17) is 31.8 Å². The van der Waals surface area contributed by atoms with Gasteiger partial charge in [0.25, 0.3) is 5.91 Å². The van der Waals surface area contributed by atoms with Crippen molar-refractivity contribution in [2.45, 2.75) is 32.0 Å². The van der Waals surface area contributed by atoms with Crippen LogP contribution in [0.1, 0.15) is 28.8 Å². The number of carbonyl (C=O) groups excluding carboxylic acids is 1. The molecule has 2 aliphatic heterocycles. The minimum absolute atomic E-state index is 0.0151. The van der Waals surface area contributed by atoms with E-state index in [1.54, 1.807) is 7.11 Å². The molecule has 0 spiro atoms. The smallest absolute Gasteiger partial charge is 0.254 e. The van der Waals surface area contributed by atoms with E-state index in [2.05, 4.69) is 33.4 Å². The number of carbonyl (C=O) groups is 1. The summed E-state index contributed by atoms with van der Waals surface area (Å²) in [4.78, 5) is 20.4. The molecule has 8 nitrogen and oxygen atoms in total. The fourth-order valence-corrected chi connectivity index (χ4v) is 6.33. The number of hydrogen-bond donors (Lipinski definition) is 1. The maximum atomic E-state index is 13.4. The Bertz CT molecular complexity index is 1760. The predicted octanol–water partition coefficient (Wildman–Crippen LogP) is 5.32. The van der Waals surface area contributed by atoms with Gasteiger partial charge in [-0.25, -0.2) is 4.98 Å². The van der Waals surface area contributed by atoms with E-state index in [-0.39, 0.29) is 11.9 Å². The van der Waals surface area contributed by atoms with Crippen LogP contribution in [0.3, 0.4) is 0 Å². The summed E-state index contributed by atoms with van der Waals surface area (Å²) in [6.45, 7) is 3.05. The summed E-state index contributed by atoms with van der Waals surface area (Å²) in [5.74, 6) is 2.29. The van der Waals surface area contributed by atoms with Crippen LogP contribution in [-0.2, 0) is 13.1 Å². The van der Waals surface area contributed by atoms with Gasteiger partial charge < -0.3 is 29.2 Å². The minimum Gasteiger partial charge on any atom is -0.497 e. The Morgan fingerprint density at radius 3 is 2.77 bits per heavy atom. The van der Waals surface area contributed by atoms with Gasteiger partial charge in [0, 0.05) is 36.6 Å². The highest BCUT2D eigenvalue weighted by Crippen LogP contribution is 2.38. The number of fused-ring (bicyclic) bond motifs is 1. The minimum atomic E-state index is -0.0287. The van der Waals surface area contributed by atoms with Gasteiger partial charge in [0.1, 0.15) is 23.6 Å². The van der Waals surface area contributed by atoms with Crippen molar-refractivity contribution in [3.63, 3.8) is 0 Å². The number of likely N-dealkylation sites (tertiary alicyclic amines) is 1. The first kappa shape index (κ1) is 25.0. The van der Waals surface area contributed by atoms with Gasteiger partial charge in [-0.1, -0.05) is 35.9 Å².